The van der Waals surface area contributed by atoms with Crippen LogP contribution >= 0.6 is 38.9 Å². The maximum Gasteiger partial charge on any atom is 0.228 e. The summed E-state index contributed by atoms with van der Waals surface area (Å²) in [6, 6.07) is 65.7. The van der Waals surface area contributed by atoms with E-state index in [2.05, 4.69) is 206 Å². The van der Waals surface area contributed by atoms with Gasteiger partial charge in [0.2, 0.25) is 7.41 Å². The van der Waals surface area contributed by atoms with Crippen LogP contribution in [-0.2, 0) is 17.1 Å². The second-order valence-electron chi connectivity index (χ2n) is 9.56. The Labute approximate surface area is 314 Å². The molecule has 0 spiro atoms. The molecule has 50 heavy (non-hydrogen) atoms. The number of hydrogen-bond acceptors (Lipinski definition) is 5. The van der Waals surface area contributed by atoms with Gasteiger partial charge in [0.05, 0.1) is 0 Å². The smallest absolute Gasteiger partial charge is 0.228 e. The van der Waals surface area contributed by atoms with Crippen LogP contribution in [0.15, 0.2) is 187 Å². The van der Waals surface area contributed by atoms with Gasteiger partial charge in [-0.3, -0.25) is 0 Å². The van der Waals surface area contributed by atoms with Crippen molar-refractivity contribution in [1.82, 2.24) is 11.2 Å². The maximum absolute atomic E-state index is 7.25. The molecular weight excluding hydrogens is 740 g/mol. The molecule has 0 amide bonds. The van der Waals surface area contributed by atoms with E-state index in [4.69, 9.17) is 36.3 Å². The molecule has 6 rings (SSSR count). The van der Waals surface area contributed by atoms with Crippen molar-refractivity contribution < 1.29 is 17.1 Å². The summed E-state index contributed by atoms with van der Waals surface area (Å²) >= 11 is 7.40. The average Bonchev–Trinajstić information content (AvgIpc) is 3.20. The van der Waals surface area contributed by atoms with Gasteiger partial charge in [0.25, 0.3) is 0 Å². The van der Waals surface area contributed by atoms with Crippen molar-refractivity contribution in [2.75, 3.05) is 0 Å². The molecule has 250 valence electrons. The fourth-order valence-electron chi connectivity index (χ4n) is 5.27. The van der Waals surface area contributed by atoms with Gasteiger partial charge in [-0.15, -0.1) is 14.3 Å². The van der Waals surface area contributed by atoms with E-state index < -0.39 is 14.5 Å². The first-order valence-electron chi connectivity index (χ1n) is 14.4. The monoisotopic (exact) mass is 770 g/mol. The normalized spacial score (nSPS) is 9.52. The summed E-state index contributed by atoms with van der Waals surface area (Å²) in [5.74, 6) is 0. The van der Waals surface area contributed by atoms with Crippen LogP contribution in [0.25, 0.3) is 10.8 Å². The first-order chi connectivity index (χ1) is 24.2. The molecule has 6 aromatic rings. The summed E-state index contributed by atoms with van der Waals surface area (Å²) in [6.07, 6.45) is 0. The summed E-state index contributed by atoms with van der Waals surface area (Å²) in [7, 11) is -4.99. The fourth-order valence-corrected chi connectivity index (χ4v) is 14.8. The van der Waals surface area contributed by atoms with Gasteiger partial charge in [-0.25, -0.2) is 0 Å². The molecule has 0 fully saturated rings. The topological polar surface area (TPSA) is 136 Å². The van der Waals surface area contributed by atoms with E-state index in [-0.39, 0.29) is 17.1 Å². The van der Waals surface area contributed by atoms with Crippen LogP contribution in [0.5, 0.6) is 0 Å². The third kappa shape index (κ3) is 10.6. The molecule has 0 atom stereocenters. The van der Waals surface area contributed by atoms with E-state index in [0.717, 1.165) is 0 Å². The van der Waals surface area contributed by atoms with Gasteiger partial charge in [0.15, 0.2) is 0 Å². The number of nitroso groups, excluding NO2 is 2. The minimum atomic E-state index is -2.50. The predicted octanol–water partition coefficient (Wildman–Crippen LogP) is 7.49. The molecule has 0 heterocycles. The van der Waals surface area contributed by atoms with Crippen LogP contribution in [0, 0.1) is 9.81 Å². The van der Waals surface area contributed by atoms with E-state index >= 15 is 0 Å². The summed E-state index contributed by atoms with van der Waals surface area (Å²) in [5.41, 5.74) is 11.5. The molecule has 0 aliphatic heterocycles. The van der Waals surface area contributed by atoms with Crippen molar-refractivity contribution in [3.63, 3.8) is 0 Å². The van der Waals surface area contributed by atoms with Gasteiger partial charge in [0.1, 0.15) is 34.2 Å². The fraction of sp³-hybridized carbons (Fsp3) is 0. The third-order valence-corrected chi connectivity index (χ3v) is 15.5. The van der Waals surface area contributed by atoms with Gasteiger partial charge in [-0.1, -0.05) is 170 Å². The largest absolute Gasteiger partial charge is 0.753 e. The first kappa shape index (κ1) is 43.3. The van der Waals surface area contributed by atoms with Crippen molar-refractivity contribution >= 4 is 81.1 Å². The molecule has 6 aromatic carbocycles. The molecule has 0 saturated carbocycles. The zero-order valence-corrected chi connectivity index (χ0v) is 31.0. The second-order valence-corrected chi connectivity index (χ2v) is 16.3. The molecule has 7 nitrogen and oxygen atoms in total. The Morgan fingerprint density at radius 1 is 0.440 bits per heavy atom. The summed E-state index contributed by atoms with van der Waals surface area (Å²) in [4.78, 5) is 14.5. The van der Waals surface area contributed by atoms with Gasteiger partial charge in [-0.05, 0) is 36.4 Å². The minimum absolute atomic E-state index is 0. The summed E-state index contributed by atoms with van der Waals surface area (Å²) in [6.45, 7) is 0. The van der Waals surface area contributed by atoms with E-state index in [1.807, 2.05) is 0 Å². The quantitative estimate of drug-likeness (QED) is 0.0719. The van der Waals surface area contributed by atoms with E-state index in [1.165, 1.54) is 42.1 Å². The van der Waals surface area contributed by atoms with E-state index in [0.29, 0.717) is 0 Å². The van der Waals surface area contributed by atoms with Crippen LogP contribution < -0.4 is 43.0 Å². The molecule has 0 saturated heterocycles. The van der Waals surface area contributed by atoms with E-state index in [9.17, 15) is 0 Å². The summed E-state index contributed by atoms with van der Waals surface area (Å²) in [5, 5.41) is 24.5. The van der Waals surface area contributed by atoms with Crippen LogP contribution in [0.3, 0.4) is 0 Å². The Morgan fingerprint density at radius 2 is 0.620 bits per heavy atom. The Balaban J connectivity index is 0.00000103. The molecule has 0 N–H and O–H groups in total. The summed E-state index contributed by atoms with van der Waals surface area (Å²) < 4.78 is 6.38. The first-order valence-corrected chi connectivity index (χ1v) is 18.7. The molecule has 2 radical (unpaired) electrons. The zero-order valence-electron chi connectivity index (χ0n) is 26.4. The van der Waals surface area contributed by atoms with Crippen LogP contribution in [0.4, 0.5) is 0 Å². The number of benzene rings is 6. The van der Waals surface area contributed by atoms with Gasteiger partial charge >= 0.3 is 0 Å². The molecular formula is C38H30FeN5O2P2S2-. The molecule has 0 aliphatic rings. The Bertz CT molecular complexity index is 1720. The Morgan fingerprint density at radius 3 is 0.820 bits per heavy atom. The molecule has 12 heteroatoms. The van der Waals surface area contributed by atoms with Crippen LogP contribution in [0.1, 0.15) is 0 Å². The van der Waals surface area contributed by atoms with Crippen molar-refractivity contribution in [2.24, 2.45) is 4.52 Å². The number of isothiocyanates is 2. The zero-order chi connectivity index (χ0) is 35.8. The predicted molar refractivity (Wildman–Crippen MR) is 216 cm³/mol. The van der Waals surface area contributed by atoms with Crippen molar-refractivity contribution in [2.45, 2.75) is 0 Å². The number of thiocarbonyl (C=S) groups is 2. The van der Waals surface area contributed by atoms with Gasteiger partial charge in [-0.2, -0.15) is 10.3 Å². The van der Waals surface area contributed by atoms with E-state index in [1.54, 1.807) is 0 Å². The van der Waals surface area contributed by atoms with Crippen molar-refractivity contribution in [3.8, 4) is 0 Å². The van der Waals surface area contributed by atoms with Crippen molar-refractivity contribution in [3.05, 3.63) is 203 Å². The molecule has 0 aromatic heterocycles. The Hall–Kier alpha value is -4.70. The average molecular weight is 771 g/mol. The molecule has 0 bridgehead atoms. The van der Waals surface area contributed by atoms with Gasteiger partial charge in [0, 0.05) is 33.0 Å². The SMILES string of the molecule is [Fe].[N-]=C=S.[N-]=C=S.[N]=O.[N]=O.c1ccc(P(=N[P+](c2ccccc2)(c2ccccc2)c2ccccc2)(c2ccccc2)c2ccccc2)cc1. The second kappa shape index (κ2) is 24.4. The van der Waals surface area contributed by atoms with Crippen molar-refractivity contribution in [1.29, 1.82) is 0 Å². The number of nitrogens with zero attached hydrogens (tertiary/aromatic N) is 5. The van der Waals surface area contributed by atoms with Gasteiger partial charge < -0.3 is 10.8 Å². The molecule has 0 unspecified atom stereocenters. The number of rotatable bonds is 7. The Kier molecular flexibility index (Phi) is 21.2. The number of hydrogen-bond donors (Lipinski definition) is 0. The minimum Gasteiger partial charge on any atom is -0.753 e. The third-order valence-electron chi connectivity index (χ3n) is 7.05. The van der Waals surface area contributed by atoms with Crippen LogP contribution in [0.2, 0.25) is 0 Å². The maximum atomic E-state index is 7.25. The standard InChI is InChI=1S/C36H30NP2.2CNS.Fe.2NO/c1-7-19-31(20-8-1)38(32-21-9-2-10-22-32,33-23-11-3-12-24-33)37-39(34-25-13-4-14-26-34,35-27-15-5-16-28-35)36-29-17-6-18-30-36;2*2-1-3;;2*1-2/h1-30H;;;;;/q+1;2*-1;;;. The van der Waals surface area contributed by atoms with Crippen LogP contribution in [-0.4, -0.2) is 10.3 Å². The molecule has 0 aliphatic carbocycles.